The van der Waals surface area contributed by atoms with E-state index in [1.165, 1.54) is 12.1 Å². The lowest BCUT2D eigenvalue weighted by Crippen LogP contribution is -2.07. The molecule has 0 aliphatic heterocycles. The number of benzene rings is 1. The number of fused-ring (bicyclic) bond motifs is 1. The zero-order valence-electron chi connectivity index (χ0n) is 13.0. The molecule has 1 aromatic carbocycles. The van der Waals surface area contributed by atoms with Crippen molar-refractivity contribution in [3.05, 3.63) is 34.4 Å². The quantitative estimate of drug-likeness (QED) is 0.683. The Hall–Kier alpha value is -2.04. The molecule has 0 saturated heterocycles. The second kappa shape index (κ2) is 7.82. The van der Waals surface area contributed by atoms with Crippen molar-refractivity contribution in [2.75, 3.05) is 13.2 Å². The number of unbranched alkanes of at least 4 members (excludes halogenated alkanes) is 2. The fourth-order valence-corrected chi connectivity index (χ4v) is 2.12. The maximum Gasteiger partial charge on any atom is 0.349 e. The first-order chi connectivity index (χ1) is 10.7. The van der Waals surface area contributed by atoms with Crippen LogP contribution in [0.2, 0.25) is 0 Å². The first kappa shape index (κ1) is 16.3. The molecular weight excluding hydrogens is 287 g/mol. The van der Waals surface area contributed by atoms with Gasteiger partial charge in [0, 0.05) is 6.07 Å². The molecule has 5 heteroatoms. The van der Waals surface area contributed by atoms with E-state index in [0.717, 1.165) is 25.7 Å². The van der Waals surface area contributed by atoms with Gasteiger partial charge in [-0.3, -0.25) is 0 Å². The number of halogens is 1. The fourth-order valence-electron chi connectivity index (χ4n) is 2.12. The molecule has 0 amide bonds. The van der Waals surface area contributed by atoms with E-state index >= 15 is 0 Å². The van der Waals surface area contributed by atoms with E-state index in [0.29, 0.717) is 18.6 Å². The van der Waals surface area contributed by atoms with Gasteiger partial charge in [0.2, 0.25) is 0 Å². The van der Waals surface area contributed by atoms with E-state index in [-0.39, 0.29) is 17.1 Å². The number of hydrogen-bond donors (Lipinski definition) is 0. The summed E-state index contributed by atoms with van der Waals surface area (Å²) in [5.41, 5.74) is -0.748. The third-order valence-electron chi connectivity index (χ3n) is 3.26. The molecule has 0 N–H and O–H groups in total. The van der Waals surface area contributed by atoms with Crippen LogP contribution in [0.25, 0.3) is 10.8 Å². The van der Waals surface area contributed by atoms with Crippen molar-refractivity contribution in [1.82, 2.24) is 0 Å². The van der Waals surface area contributed by atoms with Gasteiger partial charge in [0.25, 0.3) is 5.95 Å². The predicted octanol–water partition coefficient (Wildman–Crippen LogP) is 4.29. The Morgan fingerprint density at radius 1 is 1.09 bits per heavy atom. The minimum absolute atomic E-state index is 0.0678. The summed E-state index contributed by atoms with van der Waals surface area (Å²) in [7, 11) is 0. The average Bonchev–Trinajstić information content (AvgIpc) is 2.50. The van der Waals surface area contributed by atoms with Crippen LogP contribution in [-0.2, 0) is 0 Å². The van der Waals surface area contributed by atoms with Gasteiger partial charge in [0.05, 0.1) is 13.2 Å². The van der Waals surface area contributed by atoms with Crippen LogP contribution in [0.15, 0.2) is 27.4 Å². The highest BCUT2D eigenvalue weighted by Gasteiger charge is 2.14. The molecule has 0 fully saturated rings. The van der Waals surface area contributed by atoms with Gasteiger partial charge in [0.1, 0.15) is 5.39 Å². The molecule has 2 aromatic rings. The lowest BCUT2D eigenvalue weighted by molar-refractivity contribution is 0.226. The summed E-state index contributed by atoms with van der Waals surface area (Å²) in [5.74, 6) is -0.495. The highest BCUT2D eigenvalue weighted by molar-refractivity contribution is 5.84. The number of rotatable bonds is 8. The highest BCUT2D eigenvalue weighted by Crippen LogP contribution is 2.26. The zero-order chi connectivity index (χ0) is 15.9. The molecule has 0 bridgehead atoms. The summed E-state index contributed by atoms with van der Waals surface area (Å²) in [4.78, 5) is 12.0. The van der Waals surface area contributed by atoms with Gasteiger partial charge >= 0.3 is 5.63 Å². The topological polar surface area (TPSA) is 48.7 Å². The largest absolute Gasteiger partial charge is 0.491 e. The van der Waals surface area contributed by atoms with Crippen LogP contribution in [-0.4, -0.2) is 13.2 Å². The summed E-state index contributed by atoms with van der Waals surface area (Å²) < 4.78 is 30.0. The Morgan fingerprint density at radius 2 is 1.91 bits per heavy atom. The molecule has 0 unspecified atom stereocenters. The summed E-state index contributed by atoms with van der Waals surface area (Å²) in [5, 5.41) is 0.345. The third-order valence-corrected chi connectivity index (χ3v) is 3.26. The van der Waals surface area contributed by atoms with Crippen molar-refractivity contribution >= 4 is 10.8 Å². The van der Waals surface area contributed by atoms with Gasteiger partial charge in [-0.05, 0) is 30.4 Å². The van der Waals surface area contributed by atoms with Crippen molar-refractivity contribution < 1.29 is 18.3 Å². The molecule has 2 rings (SSSR count). The van der Waals surface area contributed by atoms with E-state index < -0.39 is 11.4 Å². The van der Waals surface area contributed by atoms with E-state index in [2.05, 4.69) is 6.92 Å². The van der Waals surface area contributed by atoms with E-state index in [4.69, 9.17) is 13.9 Å². The molecular formula is C17H21FO4. The molecule has 0 aliphatic carbocycles. The standard InChI is InChI=1S/C17H21FO4/c1-3-5-6-10-21-14-11-12-7-8-13(20-9-4-2)16(18)15(12)17(19)22-14/h7-8,11H,3-6,9-10H2,1-2H3. The summed E-state index contributed by atoms with van der Waals surface area (Å²) in [6.45, 7) is 4.89. The van der Waals surface area contributed by atoms with Crippen LogP contribution in [0, 0.1) is 5.82 Å². The first-order valence-corrected chi connectivity index (χ1v) is 7.69. The molecule has 0 spiro atoms. The third kappa shape index (κ3) is 3.78. The number of ether oxygens (including phenoxy) is 2. The van der Waals surface area contributed by atoms with E-state index in [1.807, 2.05) is 6.92 Å². The van der Waals surface area contributed by atoms with Gasteiger partial charge in [-0.2, -0.15) is 0 Å². The maximum atomic E-state index is 14.3. The van der Waals surface area contributed by atoms with Gasteiger partial charge in [-0.25, -0.2) is 9.18 Å². The predicted molar refractivity (Wildman–Crippen MR) is 83.2 cm³/mol. The van der Waals surface area contributed by atoms with Crippen LogP contribution in [0.3, 0.4) is 0 Å². The van der Waals surface area contributed by atoms with Crippen LogP contribution < -0.4 is 15.1 Å². The average molecular weight is 308 g/mol. The fraction of sp³-hybridized carbons (Fsp3) is 0.471. The molecule has 22 heavy (non-hydrogen) atoms. The molecule has 1 aromatic heterocycles. The first-order valence-electron chi connectivity index (χ1n) is 7.69. The smallest absolute Gasteiger partial charge is 0.349 e. The zero-order valence-corrected chi connectivity index (χ0v) is 13.0. The normalized spacial score (nSPS) is 10.9. The van der Waals surface area contributed by atoms with E-state index in [9.17, 15) is 9.18 Å². The Balaban J connectivity index is 2.26. The summed E-state index contributed by atoms with van der Waals surface area (Å²) >= 11 is 0. The van der Waals surface area contributed by atoms with Gasteiger partial charge < -0.3 is 13.9 Å². The molecule has 0 radical (unpaired) electrons. The van der Waals surface area contributed by atoms with Crippen LogP contribution >= 0.6 is 0 Å². The van der Waals surface area contributed by atoms with Crippen molar-refractivity contribution in [1.29, 1.82) is 0 Å². The van der Waals surface area contributed by atoms with Crippen LogP contribution in [0.1, 0.15) is 39.5 Å². The Kier molecular flexibility index (Phi) is 5.81. The molecule has 0 atom stereocenters. The van der Waals surface area contributed by atoms with E-state index in [1.54, 1.807) is 6.07 Å². The van der Waals surface area contributed by atoms with Crippen molar-refractivity contribution in [2.45, 2.75) is 39.5 Å². The van der Waals surface area contributed by atoms with Crippen molar-refractivity contribution in [2.24, 2.45) is 0 Å². The minimum Gasteiger partial charge on any atom is -0.491 e. The Morgan fingerprint density at radius 3 is 2.64 bits per heavy atom. The SMILES string of the molecule is CCCCCOc1cc2ccc(OCCC)c(F)c2c(=O)o1. The second-order valence-corrected chi connectivity index (χ2v) is 5.10. The second-order valence-electron chi connectivity index (χ2n) is 5.10. The van der Waals surface area contributed by atoms with Crippen molar-refractivity contribution in [3.63, 3.8) is 0 Å². The Labute approximate surface area is 128 Å². The van der Waals surface area contributed by atoms with Crippen LogP contribution in [0.4, 0.5) is 4.39 Å². The highest BCUT2D eigenvalue weighted by atomic mass is 19.1. The van der Waals surface area contributed by atoms with Gasteiger partial charge in [-0.1, -0.05) is 26.7 Å². The Bertz CT molecular complexity index is 678. The maximum absolute atomic E-state index is 14.3. The molecule has 1 heterocycles. The molecule has 4 nitrogen and oxygen atoms in total. The lowest BCUT2D eigenvalue weighted by Gasteiger charge is -2.09. The van der Waals surface area contributed by atoms with Gasteiger partial charge in [0.15, 0.2) is 11.6 Å². The summed E-state index contributed by atoms with van der Waals surface area (Å²) in [6, 6.07) is 4.70. The molecule has 0 aliphatic rings. The number of hydrogen-bond acceptors (Lipinski definition) is 4. The molecule has 120 valence electrons. The van der Waals surface area contributed by atoms with Gasteiger partial charge in [-0.15, -0.1) is 0 Å². The summed E-state index contributed by atoms with van der Waals surface area (Å²) in [6.07, 6.45) is 3.77. The molecule has 0 saturated carbocycles. The monoisotopic (exact) mass is 308 g/mol. The van der Waals surface area contributed by atoms with Crippen LogP contribution in [0.5, 0.6) is 11.7 Å². The van der Waals surface area contributed by atoms with Crippen molar-refractivity contribution in [3.8, 4) is 11.7 Å². The lowest BCUT2D eigenvalue weighted by atomic mass is 10.1. The minimum atomic E-state index is -0.748.